The second-order valence-corrected chi connectivity index (χ2v) is 7.96. The monoisotopic (exact) mass is 812 g/mol. The van der Waals surface area contributed by atoms with Gasteiger partial charge in [-0.15, -0.1) is 0 Å². The van der Waals surface area contributed by atoms with Crippen LogP contribution in [0.5, 0.6) is 0 Å². The van der Waals surface area contributed by atoms with E-state index in [4.69, 9.17) is 40.9 Å². The molecule has 0 fully saturated rings. The fourth-order valence-corrected chi connectivity index (χ4v) is 0. The summed E-state index contributed by atoms with van der Waals surface area (Å²) < 4.78 is 0. The number of aliphatic carboxylic acids is 8. The minimum atomic E-state index is -1.44. The molecule has 0 aliphatic rings. The molecular weight excluding hydrogens is 772 g/mol. The number of carbonyl (C=O) groups excluding carboxylic acids is 8. The molecule has 52 heavy (non-hydrogen) atoms. The number of carbonyl (C=O) groups is 8. The fraction of sp³-hybridized carbons (Fsp3) is 0.667. The van der Waals surface area contributed by atoms with Gasteiger partial charge in [0, 0.05) is 0 Å². The van der Waals surface area contributed by atoms with E-state index in [1.54, 1.807) is 0 Å². The van der Waals surface area contributed by atoms with E-state index in [9.17, 15) is 79.2 Å². The van der Waals surface area contributed by atoms with Gasteiger partial charge in [0.05, 0.1) is 96.6 Å². The molecule has 0 radical (unpaired) electrons. The molecule has 0 aliphatic heterocycles. The van der Waals surface area contributed by atoms with E-state index in [0.717, 1.165) is 55.4 Å². The van der Waals surface area contributed by atoms with Gasteiger partial charge in [-0.3, -0.25) is 0 Å². The predicted octanol–water partition coefficient (Wildman–Crippen LogP) is -21.8. The third-order valence-corrected chi connectivity index (χ3v) is 2.73. The third kappa shape index (κ3) is 118. The number of rotatable bonds is 8. The van der Waals surface area contributed by atoms with Crippen molar-refractivity contribution in [3.05, 3.63) is 0 Å². The minimum Gasteiger partial charge on any atom is -0.547 e. The number of hydrogen-bond donors (Lipinski definition) is 8. The van der Waals surface area contributed by atoms with Crippen LogP contribution < -0.4 is 100.0 Å². The van der Waals surface area contributed by atoms with Crippen molar-refractivity contribution in [1.29, 1.82) is 0 Å². The van der Waals surface area contributed by atoms with Gasteiger partial charge in [-0.1, -0.05) is 0 Å². The first-order valence-corrected chi connectivity index (χ1v) is 12.3. The summed E-state index contributed by atoms with van der Waals surface area (Å²) in [7, 11) is 0. The van der Waals surface area contributed by atoms with Crippen molar-refractivity contribution in [2.75, 3.05) is 0 Å². The number of carboxylic acids is 8. The van der Waals surface area contributed by atoms with Crippen LogP contribution in [0.25, 0.3) is 0 Å². The van der Waals surface area contributed by atoms with Gasteiger partial charge < -0.3 is 120 Å². The summed E-state index contributed by atoms with van der Waals surface area (Å²) in [6.45, 7) is 9.07. The van der Waals surface area contributed by atoms with Crippen LogP contribution in [-0.4, -0.2) is 172 Å². The van der Waals surface area contributed by atoms with E-state index in [0.29, 0.717) is 0 Å². The van der Waals surface area contributed by atoms with Crippen LogP contribution in [-0.2, 0) is 38.4 Å². The maximum Gasteiger partial charge on any atom is 3.00 e. The summed E-state index contributed by atoms with van der Waals surface area (Å²) in [6, 6.07) is 0. The van der Waals surface area contributed by atoms with Crippen LogP contribution in [0.4, 0.5) is 0 Å². The van der Waals surface area contributed by atoms with Gasteiger partial charge in [-0.25, -0.2) is 0 Å². The summed E-state index contributed by atoms with van der Waals surface area (Å²) in [5.41, 5.74) is 0. The molecule has 8 N–H and O–H groups in total. The maximum atomic E-state index is 9.34. The summed E-state index contributed by atoms with van der Waals surface area (Å²) in [5, 5.41) is 138. The second kappa shape index (κ2) is 53.9. The minimum absolute atomic E-state index is 0. The van der Waals surface area contributed by atoms with Crippen LogP contribution in [0.3, 0.4) is 0 Å². The Morgan fingerprint density at radius 1 is 0.269 bits per heavy atom. The van der Waals surface area contributed by atoms with E-state index < -0.39 is 96.6 Å². The van der Waals surface area contributed by atoms with E-state index in [1.807, 2.05) is 0 Å². The molecule has 0 saturated carbocycles. The van der Waals surface area contributed by atoms with Crippen LogP contribution >= 0.6 is 0 Å². The zero-order chi connectivity index (χ0) is 41.2. The molecule has 8 unspecified atom stereocenters. The molecule has 0 heterocycles. The molecule has 0 rings (SSSR count). The van der Waals surface area contributed by atoms with Crippen molar-refractivity contribution in [1.82, 2.24) is 0 Å². The zero-order valence-corrected chi connectivity index (χ0v) is 36.2. The molecule has 0 aromatic rings. The van der Waals surface area contributed by atoms with E-state index >= 15 is 0 Å². The fourth-order valence-electron chi connectivity index (χ4n) is 0. The van der Waals surface area contributed by atoms with Crippen molar-refractivity contribution < 1.29 is 179 Å². The standard InChI is InChI=1S/8C3H6O3.2Al.2Na/c8*1-2(4)3(5)6;;;;/h8*2,4H,1H3,(H,5,6);;;;/q;;;;;;;;2*+3;2*+1/p-8. The Morgan fingerprint density at radius 3 is 0.288 bits per heavy atom. The van der Waals surface area contributed by atoms with Gasteiger partial charge in [0.2, 0.25) is 0 Å². The first-order valence-electron chi connectivity index (χ1n) is 12.3. The van der Waals surface area contributed by atoms with Crippen LogP contribution in [0.1, 0.15) is 55.4 Å². The molecule has 0 saturated heterocycles. The van der Waals surface area contributed by atoms with Crippen LogP contribution in [0.15, 0.2) is 0 Å². The van der Waals surface area contributed by atoms with Gasteiger partial charge >= 0.3 is 93.8 Å². The molecule has 28 heteroatoms. The first kappa shape index (κ1) is 83.5. The van der Waals surface area contributed by atoms with E-state index in [2.05, 4.69) is 0 Å². The van der Waals surface area contributed by atoms with Crippen molar-refractivity contribution in [3.63, 3.8) is 0 Å². The molecule has 0 spiro atoms. The SMILES string of the molecule is CC(O)C(=O)[O-].CC(O)C(=O)[O-].CC(O)C(=O)[O-].CC(O)C(=O)[O-].CC(O)C(=O)[O-].CC(O)C(=O)[O-].CC(O)C(=O)[O-].CC(O)C(=O)[O-].[Al+3].[Al+3].[Na+].[Na+]. The summed E-state index contributed by atoms with van der Waals surface area (Å²) in [4.78, 5) is 74.7. The van der Waals surface area contributed by atoms with Crippen molar-refractivity contribution in [2.24, 2.45) is 0 Å². The quantitative estimate of drug-likeness (QED) is 0.105. The van der Waals surface area contributed by atoms with Crippen LogP contribution in [0, 0.1) is 0 Å². The molecule has 0 bridgehead atoms. The number of carboxylic acid groups (broad SMARTS) is 8. The Kier molecular flexibility index (Phi) is 86.5. The van der Waals surface area contributed by atoms with Gasteiger partial charge in [0.1, 0.15) is 0 Å². The molecular formula is C24H40Al2Na2O24. The molecule has 0 aromatic heterocycles. The number of aliphatic hydroxyl groups excluding tert-OH is 8. The molecule has 0 aliphatic carbocycles. The third-order valence-electron chi connectivity index (χ3n) is 2.73. The summed E-state index contributed by atoms with van der Waals surface area (Å²) >= 11 is 0. The molecule has 288 valence electrons. The Hall–Kier alpha value is -1.50. The summed E-state index contributed by atoms with van der Waals surface area (Å²) in [5.74, 6) is -11.5. The van der Waals surface area contributed by atoms with Gasteiger partial charge in [0.25, 0.3) is 0 Å². The number of aliphatic hydroxyl groups is 8. The second-order valence-electron chi connectivity index (χ2n) is 7.96. The van der Waals surface area contributed by atoms with Gasteiger partial charge in [-0.05, 0) is 55.4 Å². The molecule has 8 atom stereocenters. The largest absolute Gasteiger partial charge is 3.00 e. The summed E-state index contributed by atoms with van der Waals surface area (Å²) in [6.07, 6.45) is -10.7. The van der Waals surface area contributed by atoms with Crippen LogP contribution in [0.2, 0.25) is 0 Å². The van der Waals surface area contributed by atoms with Crippen molar-refractivity contribution >= 4 is 82.5 Å². The van der Waals surface area contributed by atoms with E-state index in [-0.39, 0.29) is 93.8 Å². The predicted molar refractivity (Wildman–Crippen MR) is 145 cm³/mol. The van der Waals surface area contributed by atoms with E-state index in [1.165, 1.54) is 0 Å². The van der Waals surface area contributed by atoms with Gasteiger partial charge in [0.15, 0.2) is 0 Å². The Labute approximate surface area is 363 Å². The zero-order valence-electron chi connectivity index (χ0n) is 29.9. The first-order chi connectivity index (χ1) is 21.1. The molecule has 0 aromatic carbocycles. The molecule has 24 nitrogen and oxygen atoms in total. The maximum absolute atomic E-state index is 9.34. The van der Waals surface area contributed by atoms with Gasteiger partial charge in [-0.2, -0.15) is 0 Å². The molecule has 0 amide bonds. The Bertz CT molecular complexity index is 697. The van der Waals surface area contributed by atoms with Crippen molar-refractivity contribution in [3.8, 4) is 0 Å². The Morgan fingerprint density at radius 2 is 0.288 bits per heavy atom. The van der Waals surface area contributed by atoms with Crippen molar-refractivity contribution in [2.45, 2.75) is 104 Å². The average Bonchev–Trinajstić information content (AvgIpc) is 2.90. The smallest absolute Gasteiger partial charge is 0.547 e. The normalized spacial score (nSPS) is 12.6. The Balaban J connectivity index is -0.0000000348. The number of hydrogen-bond acceptors (Lipinski definition) is 24. The topological polar surface area (TPSA) is 483 Å². The average molecular weight is 813 g/mol.